The molecule has 1 saturated heterocycles. The van der Waals surface area contributed by atoms with Crippen molar-refractivity contribution in [2.45, 2.75) is 27.7 Å². The van der Waals surface area contributed by atoms with Crippen molar-refractivity contribution < 1.29 is 9.21 Å². The Hall–Kier alpha value is -3.16. The molecule has 4 heterocycles. The average Bonchev–Trinajstić information content (AvgIpc) is 3.21. The summed E-state index contributed by atoms with van der Waals surface area (Å²) in [5.41, 5.74) is 2.61. The number of piperazine rings is 1. The van der Waals surface area contributed by atoms with E-state index in [9.17, 15) is 4.79 Å². The summed E-state index contributed by atoms with van der Waals surface area (Å²) in [6, 6.07) is 3.83. The monoisotopic (exact) mass is 380 g/mol. The average molecular weight is 380 g/mol. The molecule has 0 N–H and O–H groups in total. The molecule has 0 spiro atoms. The number of aryl methyl sites for hydroxylation is 4. The van der Waals surface area contributed by atoms with Crippen LogP contribution in [0.25, 0.3) is 5.82 Å². The third kappa shape index (κ3) is 3.37. The summed E-state index contributed by atoms with van der Waals surface area (Å²) in [5.74, 6) is 2.96. The second-order valence-electron chi connectivity index (χ2n) is 7.18. The van der Waals surface area contributed by atoms with Gasteiger partial charge in [-0.3, -0.25) is 9.78 Å². The Morgan fingerprint density at radius 3 is 2.32 bits per heavy atom. The minimum absolute atomic E-state index is 0.0245. The number of nitrogens with zero attached hydrogens (tertiary/aromatic N) is 6. The van der Waals surface area contributed by atoms with Crippen molar-refractivity contribution in [3.8, 4) is 5.82 Å². The SMILES string of the molecule is Cc1cc(C)n(-c2cncc(N3CCN(C(=O)c4cc(C)oc4C)CC3)n2)n1. The largest absolute Gasteiger partial charge is 0.466 e. The molecular formula is C20H24N6O2. The van der Waals surface area contributed by atoms with Crippen molar-refractivity contribution in [2.75, 3.05) is 31.1 Å². The van der Waals surface area contributed by atoms with E-state index in [2.05, 4.69) is 15.0 Å². The molecule has 0 aromatic carbocycles. The lowest BCUT2D eigenvalue weighted by Crippen LogP contribution is -2.49. The van der Waals surface area contributed by atoms with Gasteiger partial charge in [0, 0.05) is 31.9 Å². The second kappa shape index (κ2) is 7.10. The third-order valence-corrected chi connectivity index (χ3v) is 5.00. The summed E-state index contributed by atoms with van der Waals surface area (Å²) in [6.07, 6.45) is 3.48. The van der Waals surface area contributed by atoms with Gasteiger partial charge < -0.3 is 14.2 Å². The first-order valence-corrected chi connectivity index (χ1v) is 9.39. The molecule has 146 valence electrons. The Labute approximate surface area is 163 Å². The van der Waals surface area contributed by atoms with Crippen LogP contribution in [-0.4, -0.2) is 56.7 Å². The van der Waals surface area contributed by atoms with Gasteiger partial charge in [-0.2, -0.15) is 5.10 Å². The highest BCUT2D eigenvalue weighted by Gasteiger charge is 2.25. The summed E-state index contributed by atoms with van der Waals surface area (Å²) in [7, 11) is 0. The minimum Gasteiger partial charge on any atom is -0.466 e. The van der Waals surface area contributed by atoms with Gasteiger partial charge in [-0.1, -0.05) is 0 Å². The number of carbonyl (C=O) groups excluding carboxylic acids is 1. The molecule has 0 radical (unpaired) electrons. The van der Waals surface area contributed by atoms with Crippen LogP contribution in [0.3, 0.4) is 0 Å². The number of rotatable bonds is 3. The van der Waals surface area contributed by atoms with Gasteiger partial charge in [-0.05, 0) is 39.8 Å². The van der Waals surface area contributed by atoms with Gasteiger partial charge in [0.25, 0.3) is 5.91 Å². The minimum atomic E-state index is 0.0245. The van der Waals surface area contributed by atoms with E-state index < -0.39 is 0 Å². The molecule has 0 saturated carbocycles. The predicted molar refractivity (Wildman–Crippen MR) is 105 cm³/mol. The van der Waals surface area contributed by atoms with Gasteiger partial charge in [0.2, 0.25) is 0 Å². The van der Waals surface area contributed by atoms with Crippen molar-refractivity contribution in [3.63, 3.8) is 0 Å². The van der Waals surface area contributed by atoms with Crippen LogP contribution in [0, 0.1) is 27.7 Å². The van der Waals surface area contributed by atoms with E-state index in [0.29, 0.717) is 43.3 Å². The zero-order chi connectivity index (χ0) is 19.8. The van der Waals surface area contributed by atoms with Crippen LogP contribution in [0.2, 0.25) is 0 Å². The predicted octanol–water partition coefficient (Wildman–Crippen LogP) is 2.45. The standard InChI is InChI=1S/C20H24N6O2/c1-13-9-14(2)26(23-13)19-12-21-11-18(22-19)24-5-7-25(8-6-24)20(27)17-10-15(3)28-16(17)4/h9-12H,5-8H2,1-4H3. The Bertz CT molecular complexity index is 1010. The summed E-state index contributed by atoms with van der Waals surface area (Å²) in [5, 5.41) is 4.48. The van der Waals surface area contributed by atoms with Crippen molar-refractivity contribution in [2.24, 2.45) is 0 Å². The molecule has 4 rings (SSSR count). The molecule has 1 aliphatic heterocycles. The van der Waals surface area contributed by atoms with Crippen LogP contribution in [0.5, 0.6) is 0 Å². The molecule has 3 aromatic rings. The molecule has 1 amide bonds. The van der Waals surface area contributed by atoms with E-state index in [-0.39, 0.29) is 5.91 Å². The molecular weight excluding hydrogens is 356 g/mol. The highest BCUT2D eigenvalue weighted by Crippen LogP contribution is 2.19. The fourth-order valence-corrected chi connectivity index (χ4v) is 3.61. The van der Waals surface area contributed by atoms with E-state index >= 15 is 0 Å². The molecule has 1 aliphatic rings. The topological polar surface area (TPSA) is 80.3 Å². The molecule has 28 heavy (non-hydrogen) atoms. The highest BCUT2D eigenvalue weighted by atomic mass is 16.3. The first kappa shape index (κ1) is 18.2. The quantitative estimate of drug-likeness (QED) is 0.694. The lowest BCUT2D eigenvalue weighted by atomic mass is 10.2. The van der Waals surface area contributed by atoms with Crippen LogP contribution in [0.1, 0.15) is 33.3 Å². The van der Waals surface area contributed by atoms with Crippen LogP contribution in [-0.2, 0) is 0 Å². The summed E-state index contributed by atoms with van der Waals surface area (Å²) >= 11 is 0. The first-order chi connectivity index (χ1) is 13.4. The molecule has 0 aliphatic carbocycles. The van der Waals surface area contributed by atoms with Gasteiger partial charge in [-0.15, -0.1) is 0 Å². The number of hydrogen-bond donors (Lipinski definition) is 0. The fourth-order valence-electron chi connectivity index (χ4n) is 3.61. The van der Waals surface area contributed by atoms with E-state index in [4.69, 9.17) is 9.40 Å². The van der Waals surface area contributed by atoms with Crippen molar-refractivity contribution >= 4 is 11.7 Å². The maximum absolute atomic E-state index is 12.8. The molecule has 8 nitrogen and oxygen atoms in total. The molecule has 0 unspecified atom stereocenters. The van der Waals surface area contributed by atoms with Gasteiger partial charge in [0.1, 0.15) is 17.3 Å². The Morgan fingerprint density at radius 2 is 1.71 bits per heavy atom. The third-order valence-electron chi connectivity index (χ3n) is 5.00. The zero-order valence-corrected chi connectivity index (χ0v) is 16.6. The van der Waals surface area contributed by atoms with E-state index in [1.54, 1.807) is 17.1 Å². The molecule has 3 aromatic heterocycles. The van der Waals surface area contributed by atoms with Gasteiger partial charge in [0.05, 0.1) is 23.7 Å². The number of anilines is 1. The fraction of sp³-hybridized carbons (Fsp3) is 0.400. The molecule has 0 atom stereocenters. The van der Waals surface area contributed by atoms with Crippen LogP contribution in [0.4, 0.5) is 5.82 Å². The number of carbonyl (C=O) groups is 1. The second-order valence-corrected chi connectivity index (χ2v) is 7.18. The van der Waals surface area contributed by atoms with Crippen LogP contribution < -0.4 is 4.90 Å². The number of aromatic nitrogens is 4. The molecule has 8 heteroatoms. The van der Waals surface area contributed by atoms with Crippen LogP contribution >= 0.6 is 0 Å². The smallest absolute Gasteiger partial charge is 0.257 e. The number of hydrogen-bond acceptors (Lipinski definition) is 6. The van der Waals surface area contributed by atoms with Gasteiger partial charge in [-0.25, -0.2) is 9.67 Å². The maximum Gasteiger partial charge on any atom is 0.257 e. The Morgan fingerprint density at radius 1 is 1.00 bits per heavy atom. The van der Waals surface area contributed by atoms with E-state index in [1.807, 2.05) is 44.7 Å². The maximum atomic E-state index is 12.8. The van der Waals surface area contributed by atoms with Gasteiger partial charge in [0.15, 0.2) is 5.82 Å². The lowest BCUT2D eigenvalue weighted by molar-refractivity contribution is 0.0744. The molecule has 0 bridgehead atoms. The van der Waals surface area contributed by atoms with Crippen molar-refractivity contribution in [1.82, 2.24) is 24.6 Å². The van der Waals surface area contributed by atoms with E-state index in [1.165, 1.54) is 0 Å². The van der Waals surface area contributed by atoms with Crippen molar-refractivity contribution in [1.29, 1.82) is 0 Å². The Balaban J connectivity index is 1.47. The Kier molecular flexibility index (Phi) is 4.62. The lowest BCUT2D eigenvalue weighted by Gasteiger charge is -2.35. The summed E-state index contributed by atoms with van der Waals surface area (Å²) in [6.45, 7) is 10.3. The highest BCUT2D eigenvalue weighted by molar-refractivity contribution is 5.95. The number of furan rings is 1. The summed E-state index contributed by atoms with van der Waals surface area (Å²) in [4.78, 5) is 25.9. The first-order valence-electron chi connectivity index (χ1n) is 9.39. The number of amides is 1. The normalized spacial score (nSPS) is 14.6. The van der Waals surface area contributed by atoms with Crippen molar-refractivity contribution in [3.05, 3.63) is 53.0 Å². The zero-order valence-electron chi connectivity index (χ0n) is 16.6. The van der Waals surface area contributed by atoms with Gasteiger partial charge >= 0.3 is 0 Å². The van der Waals surface area contributed by atoms with Crippen LogP contribution in [0.15, 0.2) is 28.9 Å². The summed E-state index contributed by atoms with van der Waals surface area (Å²) < 4.78 is 7.30. The van der Waals surface area contributed by atoms with E-state index in [0.717, 1.165) is 23.0 Å². The molecule has 1 fully saturated rings.